The van der Waals surface area contributed by atoms with Gasteiger partial charge >= 0.3 is 0 Å². The predicted octanol–water partition coefficient (Wildman–Crippen LogP) is 2.38. The zero-order valence-electron chi connectivity index (χ0n) is 15.2. The van der Waals surface area contributed by atoms with Crippen LogP contribution in [0.4, 0.5) is 0 Å². The minimum absolute atomic E-state index is 0.133. The third-order valence-electron chi connectivity index (χ3n) is 5.84. The number of fused-ring (bicyclic) bond motifs is 1. The maximum absolute atomic E-state index is 12.4. The quantitative estimate of drug-likeness (QED) is 0.852. The highest BCUT2D eigenvalue weighted by Gasteiger charge is 2.38. The molecule has 0 spiro atoms. The van der Waals surface area contributed by atoms with Gasteiger partial charge in [0, 0.05) is 19.1 Å². The van der Waals surface area contributed by atoms with E-state index in [9.17, 15) is 4.79 Å². The number of hydrogen-bond acceptors (Lipinski definition) is 5. The fraction of sp³-hybridized carbons (Fsp3) is 0.526. The van der Waals surface area contributed by atoms with Crippen molar-refractivity contribution in [3.05, 3.63) is 40.2 Å². The lowest BCUT2D eigenvalue weighted by molar-refractivity contribution is 0.0631. The molecule has 1 N–H and O–H groups in total. The number of aromatic nitrogens is 3. The first-order chi connectivity index (χ1) is 13.1. The van der Waals surface area contributed by atoms with Crippen molar-refractivity contribution in [2.45, 2.75) is 43.8 Å². The molecular formula is C19H22ClN5O2. The molecule has 2 heterocycles. The summed E-state index contributed by atoms with van der Waals surface area (Å²) in [6.07, 6.45) is 6.03. The van der Waals surface area contributed by atoms with E-state index in [1.54, 1.807) is 18.0 Å². The maximum Gasteiger partial charge on any atom is 0.273 e. The van der Waals surface area contributed by atoms with Crippen LogP contribution in [-0.4, -0.2) is 52.0 Å². The van der Waals surface area contributed by atoms with E-state index in [1.165, 1.54) is 11.1 Å². The second kappa shape index (κ2) is 6.49. The fourth-order valence-electron chi connectivity index (χ4n) is 4.17. The molecule has 1 saturated heterocycles. The van der Waals surface area contributed by atoms with Gasteiger partial charge in [0.15, 0.2) is 5.69 Å². The van der Waals surface area contributed by atoms with Gasteiger partial charge in [-0.05, 0) is 42.9 Å². The summed E-state index contributed by atoms with van der Waals surface area (Å²) in [4.78, 5) is 14.8. The Labute approximate surface area is 162 Å². The number of benzene rings is 1. The van der Waals surface area contributed by atoms with Crippen molar-refractivity contribution >= 4 is 17.5 Å². The predicted molar refractivity (Wildman–Crippen MR) is 100 cm³/mol. The Bertz CT molecular complexity index is 888. The van der Waals surface area contributed by atoms with Crippen molar-refractivity contribution in [2.24, 2.45) is 0 Å². The van der Waals surface area contributed by atoms with Gasteiger partial charge in [0.25, 0.3) is 5.91 Å². The summed E-state index contributed by atoms with van der Waals surface area (Å²) >= 11 is 6.46. The molecule has 2 aromatic rings. The van der Waals surface area contributed by atoms with Gasteiger partial charge in [-0.15, -0.1) is 5.10 Å². The summed E-state index contributed by atoms with van der Waals surface area (Å²) in [6, 6.07) is 5.03. The largest absolute Gasteiger partial charge is 0.495 e. The van der Waals surface area contributed by atoms with Crippen LogP contribution in [0.5, 0.6) is 5.75 Å². The van der Waals surface area contributed by atoms with Crippen molar-refractivity contribution in [2.75, 3.05) is 20.2 Å². The van der Waals surface area contributed by atoms with Crippen LogP contribution in [0.2, 0.25) is 5.02 Å². The van der Waals surface area contributed by atoms with Crippen molar-refractivity contribution in [3.63, 3.8) is 0 Å². The average Bonchev–Trinajstić information content (AvgIpc) is 3.21. The molecule has 8 heteroatoms. The fourth-order valence-corrected chi connectivity index (χ4v) is 4.51. The highest BCUT2D eigenvalue weighted by Crippen LogP contribution is 2.44. The van der Waals surface area contributed by atoms with Gasteiger partial charge < -0.3 is 10.1 Å². The second-order valence-electron chi connectivity index (χ2n) is 7.64. The molecule has 1 amide bonds. The van der Waals surface area contributed by atoms with E-state index in [2.05, 4.69) is 26.6 Å². The van der Waals surface area contributed by atoms with E-state index < -0.39 is 0 Å². The van der Waals surface area contributed by atoms with E-state index in [1.807, 2.05) is 6.07 Å². The van der Waals surface area contributed by atoms with E-state index in [-0.39, 0.29) is 11.9 Å². The van der Waals surface area contributed by atoms with Crippen LogP contribution in [0.3, 0.4) is 0 Å². The van der Waals surface area contributed by atoms with Gasteiger partial charge in [0.2, 0.25) is 0 Å². The molecule has 0 bridgehead atoms. The first kappa shape index (κ1) is 17.0. The topological polar surface area (TPSA) is 72.3 Å². The molecule has 3 aliphatic rings. The summed E-state index contributed by atoms with van der Waals surface area (Å²) in [5, 5.41) is 11.9. The smallest absolute Gasteiger partial charge is 0.273 e. The normalized spacial score (nSPS) is 22.4. The lowest BCUT2D eigenvalue weighted by Gasteiger charge is -2.43. The summed E-state index contributed by atoms with van der Waals surface area (Å²) in [6.45, 7) is 1.69. The van der Waals surface area contributed by atoms with Gasteiger partial charge in [0.05, 0.1) is 30.4 Å². The third-order valence-corrected chi connectivity index (χ3v) is 6.25. The minimum Gasteiger partial charge on any atom is -0.495 e. The van der Waals surface area contributed by atoms with E-state index in [4.69, 9.17) is 16.3 Å². The SMILES string of the molecule is COc1ccc2c(c1Cl)CCC2N1CC(NC(=O)c2cn(C3CC3)nn2)C1. The summed E-state index contributed by atoms with van der Waals surface area (Å²) in [5.41, 5.74) is 2.90. The number of likely N-dealkylation sites (tertiary alicyclic amines) is 1. The number of hydrogen-bond donors (Lipinski definition) is 1. The molecule has 1 unspecified atom stereocenters. The Hall–Kier alpha value is -2.12. The zero-order valence-corrected chi connectivity index (χ0v) is 15.9. The molecule has 1 aromatic carbocycles. The van der Waals surface area contributed by atoms with Crippen molar-refractivity contribution in [1.82, 2.24) is 25.2 Å². The van der Waals surface area contributed by atoms with Crippen LogP contribution < -0.4 is 10.1 Å². The number of nitrogens with zero attached hydrogens (tertiary/aromatic N) is 4. The lowest BCUT2D eigenvalue weighted by Crippen LogP contribution is -2.59. The molecule has 27 heavy (non-hydrogen) atoms. The standard InChI is InChI=1S/C19H22ClN5O2/c1-27-17-7-5-13-14(18(17)20)4-6-16(13)24-8-11(9-24)21-19(26)15-10-25(23-22-15)12-2-3-12/h5,7,10-12,16H,2-4,6,8-9H2,1H3,(H,21,26). The molecule has 1 atom stereocenters. The average molecular weight is 388 g/mol. The molecule has 5 rings (SSSR count). The molecule has 2 aliphatic carbocycles. The third kappa shape index (κ3) is 2.99. The number of ether oxygens (including phenoxy) is 1. The van der Waals surface area contributed by atoms with Crippen molar-refractivity contribution < 1.29 is 9.53 Å². The molecule has 0 radical (unpaired) electrons. The molecule has 1 aliphatic heterocycles. The van der Waals surface area contributed by atoms with Gasteiger partial charge in [-0.3, -0.25) is 9.69 Å². The van der Waals surface area contributed by atoms with Gasteiger partial charge in [-0.2, -0.15) is 0 Å². The van der Waals surface area contributed by atoms with Crippen LogP contribution in [0.1, 0.15) is 53.0 Å². The Morgan fingerprint density at radius 2 is 2.11 bits per heavy atom. The Balaban J connectivity index is 1.19. The summed E-state index contributed by atoms with van der Waals surface area (Å²) in [7, 11) is 1.64. The summed E-state index contributed by atoms with van der Waals surface area (Å²) in [5.74, 6) is 0.607. The Morgan fingerprint density at radius 1 is 1.30 bits per heavy atom. The number of methoxy groups -OCH3 is 1. The number of halogens is 1. The molecular weight excluding hydrogens is 366 g/mol. The van der Waals surface area contributed by atoms with Gasteiger partial charge in [-0.1, -0.05) is 22.9 Å². The highest BCUT2D eigenvalue weighted by molar-refractivity contribution is 6.33. The lowest BCUT2D eigenvalue weighted by atomic mass is 10.00. The highest BCUT2D eigenvalue weighted by atomic mass is 35.5. The van der Waals surface area contributed by atoms with Gasteiger partial charge in [0.1, 0.15) is 5.75 Å². The van der Waals surface area contributed by atoms with E-state index >= 15 is 0 Å². The molecule has 2 fully saturated rings. The molecule has 7 nitrogen and oxygen atoms in total. The Morgan fingerprint density at radius 3 is 2.85 bits per heavy atom. The van der Waals surface area contributed by atoms with Crippen LogP contribution in [0.15, 0.2) is 18.3 Å². The number of rotatable bonds is 5. The van der Waals surface area contributed by atoms with Crippen LogP contribution in [0, 0.1) is 0 Å². The number of carbonyl (C=O) groups excluding carboxylic acids is 1. The minimum atomic E-state index is -0.133. The van der Waals surface area contributed by atoms with Gasteiger partial charge in [-0.25, -0.2) is 4.68 Å². The van der Waals surface area contributed by atoms with Crippen molar-refractivity contribution in [1.29, 1.82) is 0 Å². The molecule has 1 saturated carbocycles. The Kier molecular flexibility index (Phi) is 4.09. The first-order valence-electron chi connectivity index (χ1n) is 9.46. The first-order valence-corrected chi connectivity index (χ1v) is 9.84. The summed E-state index contributed by atoms with van der Waals surface area (Å²) < 4.78 is 7.12. The zero-order chi connectivity index (χ0) is 18.5. The maximum atomic E-state index is 12.4. The number of amides is 1. The number of carbonyl (C=O) groups is 1. The van der Waals surface area contributed by atoms with E-state index in [0.29, 0.717) is 17.8 Å². The van der Waals surface area contributed by atoms with E-state index in [0.717, 1.165) is 49.5 Å². The molecule has 1 aromatic heterocycles. The van der Waals surface area contributed by atoms with Crippen LogP contribution >= 0.6 is 11.6 Å². The molecule has 142 valence electrons. The second-order valence-corrected chi connectivity index (χ2v) is 8.02. The van der Waals surface area contributed by atoms with Crippen LogP contribution in [0.25, 0.3) is 0 Å². The monoisotopic (exact) mass is 387 g/mol. The van der Waals surface area contributed by atoms with Crippen LogP contribution in [-0.2, 0) is 6.42 Å². The number of nitrogens with one attached hydrogen (secondary N) is 1. The van der Waals surface area contributed by atoms with Crippen molar-refractivity contribution in [3.8, 4) is 5.75 Å².